The number of hydrogen-bond donors (Lipinski definition) is 1. The Morgan fingerprint density at radius 2 is 1.88 bits per heavy atom. The maximum absolute atomic E-state index is 3.62. The van der Waals surface area contributed by atoms with Crippen LogP contribution in [0.15, 0.2) is 24.3 Å². The second kappa shape index (κ2) is 6.68. The maximum atomic E-state index is 3.62. The highest BCUT2D eigenvalue weighted by atomic mass is 14.9. The summed E-state index contributed by atoms with van der Waals surface area (Å²) in [6, 6.07) is 8.84. The molecule has 0 atom stereocenters. The largest absolute Gasteiger partial charge is 0.385 e. The monoisotopic (exact) mass is 231 g/mol. The molecule has 0 aromatic heterocycles. The van der Waals surface area contributed by atoms with Crippen LogP contribution in [0.4, 0.5) is 5.69 Å². The molecule has 2 rings (SSSR count). The molecule has 1 aliphatic rings. The van der Waals surface area contributed by atoms with E-state index in [0.717, 1.165) is 18.9 Å². The van der Waals surface area contributed by atoms with E-state index in [9.17, 15) is 0 Å². The van der Waals surface area contributed by atoms with Crippen molar-refractivity contribution in [3.63, 3.8) is 0 Å². The van der Waals surface area contributed by atoms with Crippen molar-refractivity contribution in [2.45, 2.75) is 51.9 Å². The van der Waals surface area contributed by atoms with Gasteiger partial charge in [0.25, 0.3) is 0 Å². The summed E-state index contributed by atoms with van der Waals surface area (Å²) in [7, 11) is 0. The Balaban J connectivity index is 1.83. The first kappa shape index (κ1) is 12.5. The van der Waals surface area contributed by atoms with Crippen molar-refractivity contribution in [2.75, 3.05) is 11.9 Å². The minimum Gasteiger partial charge on any atom is -0.385 e. The van der Waals surface area contributed by atoms with E-state index in [1.54, 1.807) is 0 Å². The summed E-state index contributed by atoms with van der Waals surface area (Å²) >= 11 is 0. The van der Waals surface area contributed by atoms with E-state index in [4.69, 9.17) is 0 Å². The van der Waals surface area contributed by atoms with Gasteiger partial charge in [0.1, 0.15) is 0 Å². The molecule has 0 bridgehead atoms. The molecule has 1 aliphatic carbocycles. The number of hydrogen-bond acceptors (Lipinski definition) is 1. The smallest absolute Gasteiger partial charge is 0.0342 e. The average molecular weight is 231 g/mol. The van der Waals surface area contributed by atoms with Crippen molar-refractivity contribution in [3.8, 4) is 0 Å². The molecule has 0 saturated heterocycles. The highest BCUT2D eigenvalue weighted by Gasteiger charge is 2.11. The van der Waals surface area contributed by atoms with Gasteiger partial charge in [0.05, 0.1) is 0 Å². The molecule has 1 aromatic carbocycles. The molecule has 17 heavy (non-hydrogen) atoms. The van der Waals surface area contributed by atoms with Crippen LogP contribution in [0, 0.1) is 5.92 Å². The fourth-order valence-corrected chi connectivity index (χ4v) is 2.73. The molecule has 0 radical (unpaired) electrons. The van der Waals surface area contributed by atoms with Crippen LogP contribution >= 0.6 is 0 Å². The Bertz CT molecular complexity index is 324. The van der Waals surface area contributed by atoms with Crippen LogP contribution in [0.3, 0.4) is 0 Å². The zero-order chi connectivity index (χ0) is 11.9. The van der Waals surface area contributed by atoms with Gasteiger partial charge < -0.3 is 5.32 Å². The zero-order valence-electron chi connectivity index (χ0n) is 11.0. The first-order chi connectivity index (χ1) is 8.38. The molecule has 1 aromatic rings. The van der Waals surface area contributed by atoms with Crippen LogP contribution in [-0.2, 0) is 6.42 Å². The van der Waals surface area contributed by atoms with Gasteiger partial charge in [-0.05, 0) is 42.9 Å². The Morgan fingerprint density at radius 1 is 1.12 bits per heavy atom. The minimum absolute atomic E-state index is 0.891. The molecule has 0 unspecified atom stereocenters. The second-order valence-electron chi connectivity index (χ2n) is 5.29. The quantitative estimate of drug-likeness (QED) is 0.745. The van der Waals surface area contributed by atoms with Crippen LogP contribution in [0.25, 0.3) is 0 Å². The summed E-state index contributed by atoms with van der Waals surface area (Å²) in [6.07, 6.45) is 9.71. The Hall–Kier alpha value is -0.980. The molecule has 94 valence electrons. The van der Waals surface area contributed by atoms with Crippen molar-refractivity contribution in [3.05, 3.63) is 29.8 Å². The van der Waals surface area contributed by atoms with Gasteiger partial charge in [-0.3, -0.25) is 0 Å². The van der Waals surface area contributed by atoms with Crippen molar-refractivity contribution >= 4 is 5.69 Å². The molecule has 1 N–H and O–H groups in total. The zero-order valence-corrected chi connectivity index (χ0v) is 11.0. The highest BCUT2D eigenvalue weighted by molar-refractivity contribution is 5.45. The van der Waals surface area contributed by atoms with Gasteiger partial charge in [0.15, 0.2) is 0 Å². The van der Waals surface area contributed by atoms with Gasteiger partial charge in [0.2, 0.25) is 0 Å². The van der Waals surface area contributed by atoms with Crippen LogP contribution in [-0.4, -0.2) is 6.54 Å². The lowest BCUT2D eigenvalue weighted by molar-refractivity contribution is 0.483. The number of anilines is 1. The van der Waals surface area contributed by atoms with Gasteiger partial charge in [0, 0.05) is 12.2 Å². The van der Waals surface area contributed by atoms with Crippen molar-refractivity contribution in [2.24, 2.45) is 5.92 Å². The van der Waals surface area contributed by atoms with Crippen molar-refractivity contribution < 1.29 is 0 Å². The number of benzene rings is 1. The van der Waals surface area contributed by atoms with Crippen LogP contribution in [0.1, 0.15) is 51.0 Å². The molecule has 1 heteroatoms. The molecule has 0 aliphatic heterocycles. The number of aryl methyl sites for hydroxylation is 1. The normalized spacial score (nSPS) is 17.7. The van der Waals surface area contributed by atoms with E-state index >= 15 is 0 Å². The van der Waals surface area contributed by atoms with Crippen LogP contribution in [0.5, 0.6) is 0 Å². The van der Waals surface area contributed by atoms with Gasteiger partial charge in [-0.15, -0.1) is 0 Å². The SMILES string of the molecule is CCc1cccc(NCC2CCCCCC2)c1. The summed E-state index contributed by atoms with van der Waals surface area (Å²) in [5.74, 6) is 0.891. The molecule has 1 nitrogen and oxygen atoms in total. The molecule has 1 saturated carbocycles. The second-order valence-corrected chi connectivity index (χ2v) is 5.29. The number of rotatable bonds is 4. The topological polar surface area (TPSA) is 12.0 Å². The lowest BCUT2D eigenvalue weighted by Crippen LogP contribution is -2.13. The Morgan fingerprint density at radius 3 is 2.59 bits per heavy atom. The summed E-state index contributed by atoms with van der Waals surface area (Å²) in [6.45, 7) is 3.37. The number of nitrogens with one attached hydrogen (secondary N) is 1. The van der Waals surface area contributed by atoms with E-state index in [1.807, 2.05) is 0 Å². The van der Waals surface area contributed by atoms with Gasteiger partial charge >= 0.3 is 0 Å². The molecule has 0 spiro atoms. The van der Waals surface area contributed by atoms with E-state index < -0.39 is 0 Å². The van der Waals surface area contributed by atoms with Crippen LogP contribution in [0.2, 0.25) is 0 Å². The third kappa shape index (κ3) is 4.07. The predicted octanol–water partition coefficient (Wildman–Crippen LogP) is 4.63. The lowest BCUT2D eigenvalue weighted by Gasteiger charge is -2.16. The third-order valence-electron chi connectivity index (χ3n) is 3.90. The van der Waals surface area contributed by atoms with Crippen molar-refractivity contribution in [1.82, 2.24) is 0 Å². The minimum atomic E-state index is 0.891. The Labute approximate surface area is 106 Å². The fourth-order valence-electron chi connectivity index (χ4n) is 2.73. The van der Waals surface area contributed by atoms with Crippen molar-refractivity contribution in [1.29, 1.82) is 0 Å². The summed E-state index contributed by atoms with van der Waals surface area (Å²) in [5.41, 5.74) is 2.73. The van der Waals surface area contributed by atoms with Crippen LogP contribution < -0.4 is 5.32 Å². The third-order valence-corrected chi connectivity index (χ3v) is 3.90. The van der Waals surface area contributed by atoms with E-state index in [-0.39, 0.29) is 0 Å². The standard InChI is InChI=1S/C16H25N/c1-2-14-10-7-11-16(12-14)17-13-15-8-5-3-4-6-9-15/h7,10-12,15,17H,2-6,8-9,13H2,1H3. The molecule has 0 heterocycles. The first-order valence-corrected chi connectivity index (χ1v) is 7.21. The summed E-state index contributed by atoms with van der Waals surface area (Å²) < 4.78 is 0. The summed E-state index contributed by atoms with van der Waals surface area (Å²) in [4.78, 5) is 0. The fraction of sp³-hybridized carbons (Fsp3) is 0.625. The van der Waals surface area contributed by atoms with E-state index in [1.165, 1.54) is 49.8 Å². The van der Waals surface area contributed by atoms with E-state index in [2.05, 4.69) is 36.5 Å². The van der Waals surface area contributed by atoms with E-state index in [0.29, 0.717) is 0 Å². The molecule has 0 amide bonds. The highest BCUT2D eigenvalue weighted by Crippen LogP contribution is 2.23. The molecule has 1 fully saturated rings. The Kier molecular flexibility index (Phi) is 4.90. The van der Waals surface area contributed by atoms with Gasteiger partial charge in [-0.1, -0.05) is 44.7 Å². The first-order valence-electron chi connectivity index (χ1n) is 7.21. The van der Waals surface area contributed by atoms with Gasteiger partial charge in [-0.25, -0.2) is 0 Å². The van der Waals surface area contributed by atoms with Gasteiger partial charge in [-0.2, -0.15) is 0 Å². The average Bonchev–Trinajstić information content (AvgIpc) is 2.65. The molecular weight excluding hydrogens is 206 g/mol. The lowest BCUT2D eigenvalue weighted by atomic mass is 10.0. The predicted molar refractivity (Wildman–Crippen MR) is 75.5 cm³/mol. The molecular formula is C16H25N. The summed E-state index contributed by atoms with van der Waals surface area (Å²) in [5, 5.41) is 3.62. The maximum Gasteiger partial charge on any atom is 0.0342 e.